The molecule has 2 saturated carbocycles. The molecule has 1 amide bonds. The van der Waals surface area contributed by atoms with Crippen molar-refractivity contribution in [2.24, 2.45) is 0 Å². The van der Waals surface area contributed by atoms with Gasteiger partial charge in [0.25, 0.3) is 0 Å². The molecule has 3 rings (SSSR count). The summed E-state index contributed by atoms with van der Waals surface area (Å²) in [5, 5.41) is 2.81. The van der Waals surface area contributed by atoms with Gasteiger partial charge in [0.1, 0.15) is 0 Å². The van der Waals surface area contributed by atoms with Crippen LogP contribution in [0.1, 0.15) is 57.4 Å². The van der Waals surface area contributed by atoms with Crippen LogP contribution in [-0.2, 0) is 14.6 Å². The summed E-state index contributed by atoms with van der Waals surface area (Å²) >= 11 is 0. The summed E-state index contributed by atoms with van der Waals surface area (Å²) in [4.78, 5) is 16.2. The van der Waals surface area contributed by atoms with Crippen LogP contribution in [0.5, 0.6) is 0 Å². The fourth-order valence-electron chi connectivity index (χ4n) is 3.86. The van der Waals surface area contributed by atoms with E-state index in [9.17, 15) is 13.2 Å². The first kappa shape index (κ1) is 16.5. The summed E-state index contributed by atoms with van der Waals surface area (Å²) in [5.41, 5.74) is 0. The highest BCUT2D eigenvalue weighted by Gasteiger charge is 2.31. The second kappa shape index (κ2) is 7.03. The molecular formula is C16H25N3O3S. The molecule has 0 unspecified atom stereocenters. The predicted octanol–water partition coefficient (Wildman–Crippen LogP) is 1.84. The number of sulfone groups is 1. The maximum atomic E-state index is 12.2. The highest BCUT2D eigenvalue weighted by Crippen LogP contribution is 2.30. The molecule has 23 heavy (non-hydrogen) atoms. The van der Waals surface area contributed by atoms with Crippen molar-refractivity contribution in [3.63, 3.8) is 0 Å². The number of amides is 1. The van der Waals surface area contributed by atoms with Crippen LogP contribution in [0.3, 0.4) is 0 Å². The van der Waals surface area contributed by atoms with E-state index in [4.69, 9.17) is 0 Å². The van der Waals surface area contributed by atoms with Crippen LogP contribution in [0.25, 0.3) is 0 Å². The summed E-state index contributed by atoms with van der Waals surface area (Å²) in [7, 11) is -3.12. The number of carbonyl (C=O) groups is 1. The maximum Gasteiger partial charge on any atom is 0.221 e. The number of nitrogens with zero attached hydrogens (tertiary/aromatic N) is 2. The summed E-state index contributed by atoms with van der Waals surface area (Å²) < 4.78 is 26.5. The lowest BCUT2D eigenvalue weighted by atomic mass is 10.1. The van der Waals surface area contributed by atoms with Gasteiger partial charge in [-0.1, -0.05) is 12.8 Å². The molecule has 0 aromatic carbocycles. The smallest absolute Gasteiger partial charge is 0.221 e. The number of imidazole rings is 1. The predicted molar refractivity (Wildman–Crippen MR) is 87.7 cm³/mol. The van der Waals surface area contributed by atoms with Gasteiger partial charge in [0.15, 0.2) is 9.84 Å². The first-order chi connectivity index (χ1) is 11.1. The lowest BCUT2D eigenvalue weighted by Crippen LogP contribution is -2.39. The van der Waals surface area contributed by atoms with Crippen molar-refractivity contribution in [3.05, 3.63) is 18.7 Å². The molecule has 0 aliphatic heterocycles. The molecule has 7 heteroatoms. The van der Waals surface area contributed by atoms with E-state index in [-0.39, 0.29) is 35.4 Å². The van der Waals surface area contributed by atoms with Crippen molar-refractivity contribution in [2.75, 3.05) is 5.75 Å². The third kappa shape index (κ3) is 3.94. The third-order valence-corrected chi connectivity index (χ3v) is 7.42. The molecule has 0 spiro atoms. The SMILES string of the molecule is O=C(CCS(=O)(=O)C1CCCC1)N[C@@H]1CCC[C@H]1n1ccnc1. The number of aromatic nitrogens is 2. The van der Waals surface area contributed by atoms with E-state index in [1.165, 1.54) is 0 Å². The molecule has 1 aromatic rings. The molecule has 2 aliphatic carbocycles. The molecule has 0 bridgehead atoms. The van der Waals surface area contributed by atoms with Crippen molar-refractivity contribution in [2.45, 2.75) is 68.7 Å². The van der Waals surface area contributed by atoms with E-state index < -0.39 is 9.84 Å². The Labute approximate surface area is 137 Å². The Bertz CT molecular complexity index is 621. The minimum absolute atomic E-state index is 0.0219. The second-order valence-electron chi connectivity index (χ2n) is 6.71. The van der Waals surface area contributed by atoms with Gasteiger partial charge < -0.3 is 9.88 Å². The van der Waals surface area contributed by atoms with Crippen LogP contribution < -0.4 is 5.32 Å². The van der Waals surface area contributed by atoms with Crippen molar-refractivity contribution in [1.82, 2.24) is 14.9 Å². The van der Waals surface area contributed by atoms with Crippen LogP contribution in [0.15, 0.2) is 18.7 Å². The molecule has 2 fully saturated rings. The Morgan fingerprint density at radius 3 is 2.65 bits per heavy atom. The van der Waals surface area contributed by atoms with Crippen molar-refractivity contribution < 1.29 is 13.2 Å². The zero-order valence-electron chi connectivity index (χ0n) is 13.4. The van der Waals surface area contributed by atoms with E-state index in [1.807, 2.05) is 10.8 Å². The highest BCUT2D eigenvalue weighted by molar-refractivity contribution is 7.92. The van der Waals surface area contributed by atoms with Crippen LogP contribution >= 0.6 is 0 Å². The first-order valence-corrected chi connectivity index (χ1v) is 10.3. The van der Waals surface area contributed by atoms with Gasteiger partial charge in [0.05, 0.1) is 23.4 Å². The Balaban J connectivity index is 1.51. The van der Waals surface area contributed by atoms with Crippen molar-refractivity contribution in [1.29, 1.82) is 0 Å². The van der Waals surface area contributed by atoms with Gasteiger partial charge in [-0.15, -0.1) is 0 Å². The van der Waals surface area contributed by atoms with Crippen molar-refractivity contribution in [3.8, 4) is 0 Å². The summed E-state index contributed by atoms with van der Waals surface area (Å²) in [6.45, 7) is 0. The number of hydrogen-bond donors (Lipinski definition) is 1. The summed E-state index contributed by atoms with van der Waals surface area (Å²) in [6.07, 6.45) is 12.0. The molecule has 0 radical (unpaired) electrons. The van der Waals surface area contributed by atoms with Gasteiger partial charge in [0, 0.05) is 24.9 Å². The Kier molecular flexibility index (Phi) is 5.04. The molecule has 2 aliphatic rings. The molecule has 128 valence electrons. The minimum atomic E-state index is -3.12. The second-order valence-corrected chi connectivity index (χ2v) is 9.11. The Morgan fingerprint density at radius 2 is 1.96 bits per heavy atom. The average molecular weight is 339 g/mol. The first-order valence-electron chi connectivity index (χ1n) is 8.54. The van der Waals surface area contributed by atoms with Gasteiger partial charge in [-0.05, 0) is 32.1 Å². The van der Waals surface area contributed by atoms with Gasteiger partial charge in [-0.3, -0.25) is 4.79 Å². The Hall–Kier alpha value is -1.37. The standard InChI is InChI=1S/C16H25N3O3S/c20-16(8-11-23(21,22)13-4-1-2-5-13)18-14-6-3-7-15(14)19-10-9-17-12-19/h9-10,12-15H,1-8,11H2,(H,18,20)/t14-,15-/m1/s1. The fourth-order valence-corrected chi connectivity index (χ4v) is 5.71. The van der Waals surface area contributed by atoms with Crippen LogP contribution in [-0.4, -0.2) is 40.9 Å². The topological polar surface area (TPSA) is 81.1 Å². The molecule has 0 saturated heterocycles. The van der Waals surface area contributed by atoms with Gasteiger partial charge in [0.2, 0.25) is 5.91 Å². The molecule has 1 aromatic heterocycles. The zero-order chi connectivity index (χ0) is 16.3. The van der Waals surface area contributed by atoms with Gasteiger partial charge in [-0.25, -0.2) is 13.4 Å². The molecule has 6 nitrogen and oxygen atoms in total. The molecule has 1 N–H and O–H groups in total. The lowest BCUT2D eigenvalue weighted by molar-refractivity contribution is -0.121. The van der Waals surface area contributed by atoms with E-state index in [0.717, 1.165) is 44.9 Å². The van der Waals surface area contributed by atoms with E-state index in [1.54, 1.807) is 12.5 Å². The number of nitrogens with one attached hydrogen (secondary N) is 1. The van der Waals surface area contributed by atoms with Gasteiger partial charge >= 0.3 is 0 Å². The number of rotatable bonds is 6. The van der Waals surface area contributed by atoms with Crippen molar-refractivity contribution >= 4 is 15.7 Å². The molecule has 1 heterocycles. The van der Waals surface area contributed by atoms with E-state index in [2.05, 4.69) is 10.3 Å². The molecular weight excluding hydrogens is 314 g/mol. The van der Waals surface area contributed by atoms with E-state index >= 15 is 0 Å². The average Bonchev–Trinajstić information content (AvgIpc) is 3.25. The fraction of sp³-hybridized carbons (Fsp3) is 0.750. The number of carbonyl (C=O) groups excluding carboxylic acids is 1. The minimum Gasteiger partial charge on any atom is -0.351 e. The lowest BCUT2D eigenvalue weighted by Gasteiger charge is -2.22. The quantitative estimate of drug-likeness (QED) is 0.857. The summed E-state index contributed by atoms with van der Waals surface area (Å²) in [6, 6.07) is 0.304. The Morgan fingerprint density at radius 1 is 1.17 bits per heavy atom. The van der Waals surface area contributed by atoms with Crippen LogP contribution in [0, 0.1) is 0 Å². The van der Waals surface area contributed by atoms with Gasteiger partial charge in [-0.2, -0.15) is 0 Å². The normalized spacial score (nSPS) is 25.7. The highest BCUT2D eigenvalue weighted by atomic mass is 32.2. The van der Waals surface area contributed by atoms with E-state index in [0.29, 0.717) is 0 Å². The van der Waals surface area contributed by atoms with Crippen LogP contribution in [0.4, 0.5) is 0 Å². The number of hydrogen-bond acceptors (Lipinski definition) is 4. The third-order valence-electron chi connectivity index (χ3n) is 5.16. The molecule has 2 atom stereocenters. The monoisotopic (exact) mass is 339 g/mol. The summed E-state index contributed by atoms with van der Waals surface area (Å²) in [5.74, 6) is -0.171. The maximum absolute atomic E-state index is 12.2. The van der Waals surface area contributed by atoms with Crippen LogP contribution in [0.2, 0.25) is 0 Å². The zero-order valence-corrected chi connectivity index (χ0v) is 14.2. The largest absolute Gasteiger partial charge is 0.351 e.